The number of ether oxygens (including phenoxy) is 1. The number of rotatable bonds is 10. The second kappa shape index (κ2) is 11.6. The van der Waals surface area contributed by atoms with E-state index in [-0.39, 0.29) is 17.3 Å². The molecule has 0 spiro atoms. The summed E-state index contributed by atoms with van der Waals surface area (Å²) in [5.74, 6) is 1.25. The molecular weight excluding hydrogens is 444 g/mol. The molecule has 0 unspecified atom stereocenters. The highest BCUT2D eigenvalue weighted by atomic mass is 32.2. The fraction of sp³-hybridized carbons (Fsp3) is 0.182. The first-order valence-electron chi connectivity index (χ1n) is 9.96. The molecule has 0 aliphatic rings. The lowest BCUT2D eigenvalue weighted by atomic mass is 10.2. The van der Waals surface area contributed by atoms with E-state index in [9.17, 15) is 14.9 Å². The van der Waals surface area contributed by atoms with Crippen LogP contribution in [0.2, 0.25) is 0 Å². The van der Waals surface area contributed by atoms with Crippen LogP contribution in [0.3, 0.4) is 0 Å². The molecule has 0 aliphatic heterocycles. The molecule has 1 N–H and O–H groups in total. The molecule has 11 heteroatoms. The van der Waals surface area contributed by atoms with Crippen LogP contribution in [0.1, 0.15) is 12.5 Å². The zero-order valence-corrected chi connectivity index (χ0v) is 18.9. The molecule has 3 aromatic rings. The summed E-state index contributed by atoms with van der Waals surface area (Å²) in [6.45, 7) is 2.63. The van der Waals surface area contributed by atoms with E-state index in [2.05, 4.69) is 20.7 Å². The van der Waals surface area contributed by atoms with Crippen LogP contribution in [-0.4, -0.2) is 44.7 Å². The van der Waals surface area contributed by atoms with Gasteiger partial charge in [-0.15, -0.1) is 10.2 Å². The smallest absolute Gasteiger partial charge is 0.276 e. The van der Waals surface area contributed by atoms with Gasteiger partial charge < -0.3 is 9.30 Å². The largest absolute Gasteiger partial charge is 0.497 e. The van der Waals surface area contributed by atoms with Crippen LogP contribution in [0.25, 0.3) is 17.5 Å². The summed E-state index contributed by atoms with van der Waals surface area (Å²) >= 11 is 1.25. The highest BCUT2D eigenvalue weighted by Crippen LogP contribution is 2.25. The maximum absolute atomic E-state index is 12.1. The summed E-state index contributed by atoms with van der Waals surface area (Å²) in [5.41, 5.74) is 3.76. The van der Waals surface area contributed by atoms with E-state index in [0.29, 0.717) is 23.1 Å². The SMILES string of the molecule is CCn1c(SCC(=O)N/N=C/C=C\c2ccccc2[N+](=O)[O-])nnc1-c1ccc(OC)cc1. The molecule has 1 heterocycles. The van der Waals surface area contributed by atoms with Gasteiger partial charge in [0.15, 0.2) is 11.0 Å². The standard InChI is InChI=1S/C22H22N6O4S/c1-3-27-21(17-10-12-18(32-2)13-11-17)25-26-22(27)33-15-20(29)24-23-14-6-8-16-7-4-5-9-19(16)28(30)31/h4-14H,3,15H2,1-2H3,(H,24,29)/b8-6-,23-14+. The lowest BCUT2D eigenvalue weighted by Gasteiger charge is -2.07. The molecule has 0 saturated carbocycles. The minimum atomic E-state index is -0.453. The van der Waals surface area contributed by atoms with Gasteiger partial charge in [0.25, 0.3) is 11.6 Å². The van der Waals surface area contributed by atoms with Gasteiger partial charge in [0, 0.05) is 24.4 Å². The number of para-hydroxylation sites is 1. The van der Waals surface area contributed by atoms with Gasteiger partial charge in [0.2, 0.25) is 0 Å². The highest BCUT2D eigenvalue weighted by molar-refractivity contribution is 7.99. The Balaban J connectivity index is 1.55. The number of allylic oxidation sites excluding steroid dienone is 1. The molecule has 1 amide bonds. The van der Waals surface area contributed by atoms with Crippen molar-refractivity contribution in [1.82, 2.24) is 20.2 Å². The number of thioether (sulfide) groups is 1. The number of nitrogens with zero attached hydrogens (tertiary/aromatic N) is 5. The molecular formula is C22H22N6O4S. The second-order valence-electron chi connectivity index (χ2n) is 6.56. The number of nitro groups is 1. The summed E-state index contributed by atoms with van der Waals surface area (Å²) in [6.07, 6.45) is 4.42. The number of hydrogen-bond donors (Lipinski definition) is 1. The molecule has 33 heavy (non-hydrogen) atoms. The number of hydrazone groups is 1. The van der Waals surface area contributed by atoms with Crippen LogP contribution in [0.4, 0.5) is 5.69 Å². The quantitative estimate of drug-likeness (QED) is 0.209. The molecule has 1 aromatic heterocycles. The van der Waals surface area contributed by atoms with E-state index in [1.807, 2.05) is 35.8 Å². The normalized spacial score (nSPS) is 11.2. The molecule has 0 bridgehead atoms. The molecule has 0 atom stereocenters. The van der Waals surface area contributed by atoms with Gasteiger partial charge in [-0.05, 0) is 49.4 Å². The first-order valence-corrected chi connectivity index (χ1v) is 10.9. The van der Waals surface area contributed by atoms with Gasteiger partial charge in [-0.2, -0.15) is 5.10 Å². The molecule has 2 aromatic carbocycles. The monoisotopic (exact) mass is 466 g/mol. The number of hydrogen-bond acceptors (Lipinski definition) is 8. The molecule has 170 valence electrons. The van der Waals surface area contributed by atoms with Crippen molar-refractivity contribution in [1.29, 1.82) is 0 Å². The first-order chi connectivity index (χ1) is 16.0. The van der Waals surface area contributed by atoms with Crippen molar-refractivity contribution in [3.63, 3.8) is 0 Å². The van der Waals surface area contributed by atoms with Gasteiger partial charge in [0.1, 0.15) is 5.75 Å². The Morgan fingerprint density at radius 3 is 2.70 bits per heavy atom. The van der Waals surface area contributed by atoms with Crippen molar-refractivity contribution in [2.75, 3.05) is 12.9 Å². The van der Waals surface area contributed by atoms with E-state index < -0.39 is 4.92 Å². The zero-order valence-electron chi connectivity index (χ0n) is 18.0. The summed E-state index contributed by atoms with van der Waals surface area (Å²) < 4.78 is 7.11. The number of nitrogens with one attached hydrogen (secondary N) is 1. The highest BCUT2D eigenvalue weighted by Gasteiger charge is 2.14. The molecule has 0 aliphatic carbocycles. The number of carbonyl (C=O) groups is 1. The van der Waals surface area contributed by atoms with Crippen molar-refractivity contribution in [3.8, 4) is 17.1 Å². The Morgan fingerprint density at radius 1 is 1.24 bits per heavy atom. The first kappa shape index (κ1) is 23.7. The fourth-order valence-corrected chi connectivity index (χ4v) is 3.68. The summed E-state index contributed by atoms with van der Waals surface area (Å²) in [7, 11) is 1.61. The third kappa shape index (κ3) is 6.26. The van der Waals surface area contributed by atoms with Crippen LogP contribution >= 0.6 is 11.8 Å². The predicted molar refractivity (Wildman–Crippen MR) is 127 cm³/mol. The Bertz CT molecular complexity index is 1170. The number of aromatic nitrogens is 3. The van der Waals surface area contributed by atoms with Crippen LogP contribution in [-0.2, 0) is 11.3 Å². The molecule has 10 nitrogen and oxygen atoms in total. The maximum Gasteiger partial charge on any atom is 0.276 e. The van der Waals surface area contributed by atoms with E-state index in [0.717, 1.165) is 11.3 Å². The molecule has 0 saturated heterocycles. The third-order valence-corrected chi connectivity index (χ3v) is 5.44. The molecule has 0 radical (unpaired) electrons. The topological polar surface area (TPSA) is 125 Å². The predicted octanol–water partition coefficient (Wildman–Crippen LogP) is 3.79. The van der Waals surface area contributed by atoms with Crippen molar-refractivity contribution < 1.29 is 14.5 Å². The summed E-state index contributed by atoms with van der Waals surface area (Å²) in [5, 5.41) is 23.9. The second-order valence-corrected chi connectivity index (χ2v) is 7.50. The fourth-order valence-electron chi connectivity index (χ4n) is 2.89. The Labute approximate surface area is 194 Å². The van der Waals surface area contributed by atoms with E-state index in [4.69, 9.17) is 4.74 Å². The lowest BCUT2D eigenvalue weighted by Crippen LogP contribution is -2.19. The average molecular weight is 467 g/mol. The van der Waals surface area contributed by atoms with Crippen LogP contribution in [0.15, 0.2) is 64.9 Å². The van der Waals surface area contributed by atoms with Gasteiger partial charge in [0.05, 0.1) is 23.3 Å². The number of carbonyl (C=O) groups excluding carboxylic acids is 1. The van der Waals surface area contributed by atoms with Gasteiger partial charge >= 0.3 is 0 Å². The van der Waals surface area contributed by atoms with Crippen LogP contribution in [0, 0.1) is 10.1 Å². The summed E-state index contributed by atoms with van der Waals surface area (Å²) in [4.78, 5) is 22.7. The zero-order chi connectivity index (χ0) is 23.6. The minimum absolute atomic E-state index is 0.00312. The third-order valence-electron chi connectivity index (χ3n) is 4.47. The van der Waals surface area contributed by atoms with Gasteiger partial charge in [-0.3, -0.25) is 14.9 Å². The van der Waals surface area contributed by atoms with Crippen LogP contribution < -0.4 is 10.2 Å². The Hall–Kier alpha value is -3.99. The van der Waals surface area contributed by atoms with Gasteiger partial charge in [-0.25, -0.2) is 5.43 Å². The van der Waals surface area contributed by atoms with Gasteiger partial charge in [-0.1, -0.05) is 23.9 Å². The Morgan fingerprint density at radius 2 is 2.00 bits per heavy atom. The molecule has 0 fully saturated rings. The number of benzene rings is 2. The van der Waals surface area contributed by atoms with Crippen molar-refractivity contribution in [3.05, 3.63) is 70.3 Å². The van der Waals surface area contributed by atoms with Crippen molar-refractivity contribution in [2.24, 2.45) is 5.10 Å². The average Bonchev–Trinajstić information content (AvgIpc) is 3.25. The Kier molecular flexibility index (Phi) is 8.30. The van der Waals surface area contributed by atoms with Crippen molar-refractivity contribution in [2.45, 2.75) is 18.6 Å². The van der Waals surface area contributed by atoms with E-state index in [1.54, 1.807) is 31.4 Å². The maximum atomic E-state index is 12.1. The van der Waals surface area contributed by atoms with E-state index >= 15 is 0 Å². The number of methoxy groups -OCH3 is 1. The van der Waals surface area contributed by atoms with Crippen LogP contribution in [0.5, 0.6) is 5.75 Å². The van der Waals surface area contributed by atoms with E-state index in [1.165, 1.54) is 30.1 Å². The minimum Gasteiger partial charge on any atom is -0.497 e. The molecule has 3 rings (SSSR count). The summed E-state index contributed by atoms with van der Waals surface area (Å²) in [6, 6.07) is 13.9. The van der Waals surface area contributed by atoms with Crippen molar-refractivity contribution >= 4 is 35.6 Å². The number of nitro benzene ring substituents is 1. The number of amides is 1. The lowest BCUT2D eigenvalue weighted by molar-refractivity contribution is -0.385.